The molecule has 1 saturated heterocycles. The Hall–Kier alpha value is -2.45. The van der Waals surface area contributed by atoms with Crippen molar-refractivity contribution < 1.29 is 23.5 Å². The fourth-order valence-electron chi connectivity index (χ4n) is 2.57. The zero-order valence-corrected chi connectivity index (χ0v) is 15.8. The van der Waals surface area contributed by atoms with E-state index in [4.69, 9.17) is 21.7 Å². The Kier molecular flexibility index (Phi) is 6.08. The van der Waals surface area contributed by atoms with Crippen molar-refractivity contribution in [2.24, 2.45) is 0 Å². The minimum Gasteiger partial charge on any atom is -0.481 e. The van der Waals surface area contributed by atoms with E-state index >= 15 is 0 Å². The first-order valence-corrected chi connectivity index (χ1v) is 9.49. The van der Waals surface area contributed by atoms with Crippen LogP contribution in [0.15, 0.2) is 45.7 Å². The SMILES string of the molecule is O=C(O)CCCCN1C(=O)C(=Cc2ccc(-c3ccc(F)cc3)o2)SC1=S. The van der Waals surface area contributed by atoms with Crippen molar-refractivity contribution in [1.29, 1.82) is 0 Å². The van der Waals surface area contributed by atoms with E-state index in [0.717, 1.165) is 5.56 Å². The van der Waals surface area contributed by atoms with Gasteiger partial charge in [-0.2, -0.15) is 0 Å². The average molecular weight is 405 g/mol. The molecule has 0 atom stereocenters. The number of carbonyl (C=O) groups excluding carboxylic acids is 1. The second-order valence-corrected chi connectivity index (χ2v) is 7.57. The van der Waals surface area contributed by atoms with E-state index in [0.29, 0.717) is 40.1 Å². The number of furan rings is 1. The third-order valence-electron chi connectivity index (χ3n) is 3.92. The Morgan fingerprint density at radius 3 is 2.67 bits per heavy atom. The smallest absolute Gasteiger partial charge is 0.303 e. The second kappa shape index (κ2) is 8.49. The molecule has 1 amide bonds. The molecular formula is C19H16FNO4S2. The number of amides is 1. The van der Waals surface area contributed by atoms with Crippen LogP contribution in [0.4, 0.5) is 4.39 Å². The Bertz CT molecular complexity index is 905. The molecule has 0 saturated carbocycles. The lowest BCUT2D eigenvalue weighted by Gasteiger charge is -2.13. The summed E-state index contributed by atoms with van der Waals surface area (Å²) >= 11 is 6.44. The maximum atomic E-state index is 13.0. The van der Waals surface area contributed by atoms with Gasteiger partial charge in [0.15, 0.2) is 0 Å². The molecular weight excluding hydrogens is 389 g/mol. The van der Waals surface area contributed by atoms with Crippen molar-refractivity contribution in [2.75, 3.05) is 6.54 Å². The molecule has 3 rings (SSSR count). The fourth-order valence-corrected chi connectivity index (χ4v) is 3.86. The van der Waals surface area contributed by atoms with E-state index in [2.05, 4.69) is 0 Å². The van der Waals surface area contributed by atoms with Gasteiger partial charge in [-0.25, -0.2) is 4.39 Å². The molecule has 1 aliphatic heterocycles. The monoisotopic (exact) mass is 405 g/mol. The Morgan fingerprint density at radius 2 is 1.96 bits per heavy atom. The second-order valence-electron chi connectivity index (χ2n) is 5.89. The predicted octanol–water partition coefficient (Wildman–Crippen LogP) is 4.54. The molecule has 0 radical (unpaired) electrons. The van der Waals surface area contributed by atoms with Gasteiger partial charge in [0.2, 0.25) is 0 Å². The number of benzene rings is 1. The molecule has 0 aliphatic carbocycles. The van der Waals surface area contributed by atoms with Crippen molar-refractivity contribution in [3.8, 4) is 11.3 Å². The van der Waals surface area contributed by atoms with Crippen LogP contribution >= 0.6 is 24.0 Å². The molecule has 2 heterocycles. The number of carboxylic acids is 1. The van der Waals surface area contributed by atoms with Gasteiger partial charge in [-0.3, -0.25) is 14.5 Å². The summed E-state index contributed by atoms with van der Waals surface area (Å²) in [6, 6.07) is 9.44. The molecule has 1 N–H and O–H groups in total. The summed E-state index contributed by atoms with van der Waals surface area (Å²) in [5, 5.41) is 8.66. The summed E-state index contributed by atoms with van der Waals surface area (Å²) < 4.78 is 19.2. The highest BCUT2D eigenvalue weighted by Gasteiger charge is 2.31. The average Bonchev–Trinajstić information content (AvgIpc) is 3.19. The van der Waals surface area contributed by atoms with Crippen LogP contribution in [0.25, 0.3) is 17.4 Å². The van der Waals surface area contributed by atoms with E-state index in [1.165, 1.54) is 28.8 Å². The molecule has 0 bridgehead atoms. The first-order chi connectivity index (χ1) is 12.9. The summed E-state index contributed by atoms with van der Waals surface area (Å²) in [6.45, 7) is 0.397. The number of unbranched alkanes of at least 4 members (excludes halogenated alkanes) is 1. The number of aliphatic carboxylic acids is 1. The third-order valence-corrected chi connectivity index (χ3v) is 5.30. The lowest BCUT2D eigenvalue weighted by Crippen LogP contribution is -2.29. The molecule has 140 valence electrons. The highest BCUT2D eigenvalue weighted by molar-refractivity contribution is 8.26. The van der Waals surface area contributed by atoms with Gasteiger partial charge in [0, 0.05) is 24.6 Å². The van der Waals surface area contributed by atoms with Crippen LogP contribution in [0.1, 0.15) is 25.0 Å². The number of rotatable bonds is 7. The standard InChI is InChI=1S/C19H16FNO4S2/c20-13-6-4-12(5-7-13)15-9-8-14(25-15)11-16-18(24)21(19(26)27-16)10-2-1-3-17(22)23/h4-9,11H,1-3,10H2,(H,22,23). The number of hydrogen-bond acceptors (Lipinski definition) is 5. The summed E-state index contributed by atoms with van der Waals surface area (Å²) in [4.78, 5) is 25.0. The molecule has 27 heavy (non-hydrogen) atoms. The number of hydrogen-bond donors (Lipinski definition) is 1. The van der Waals surface area contributed by atoms with E-state index in [1.807, 2.05) is 0 Å². The molecule has 1 aliphatic rings. The van der Waals surface area contributed by atoms with Gasteiger partial charge in [-0.15, -0.1) is 0 Å². The number of halogens is 1. The van der Waals surface area contributed by atoms with Crippen LogP contribution in [0, 0.1) is 5.82 Å². The van der Waals surface area contributed by atoms with Crippen molar-refractivity contribution in [1.82, 2.24) is 4.90 Å². The number of nitrogens with zero attached hydrogens (tertiary/aromatic N) is 1. The Labute approximate surface area is 164 Å². The Balaban J connectivity index is 1.67. The fraction of sp³-hybridized carbons (Fsp3) is 0.211. The van der Waals surface area contributed by atoms with E-state index in [1.54, 1.807) is 30.3 Å². The zero-order valence-electron chi connectivity index (χ0n) is 14.2. The Morgan fingerprint density at radius 1 is 1.22 bits per heavy atom. The molecule has 8 heteroatoms. The van der Waals surface area contributed by atoms with Crippen molar-refractivity contribution in [3.05, 3.63) is 52.9 Å². The van der Waals surface area contributed by atoms with E-state index in [-0.39, 0.29) is 18.1 Å². The highest BCUT2D eigenvalue weighted by Crippen LogP contribution is 2.33. The molecule has 1 aromatic carbocycles. The first kappa shape index (κ1) is 19.3. The quantitative estimate of drug-likeness (QED) is 0.414. The topological polar surface area (TPSA) is 70.8 Å². The molecule has 5 nitrogen and oxygen atoms in total. The van der Waals surface area contributed by atoms with Crippen LogP contribution in [-0.4, -0.2) is 32.7 Å². The van der Waals surface area contributed by atoms with E-state index < -0.39 is 5.97 Å². The maximum absolute atomic E-state index is 13.0. The first-order valence-electron chi connectivity index (χ1n) is 8.27. The molecule has 2 aromatic rings. The van der Waals surface area contributed by atoms with Gasteiger partial charge in [0.05, 0.1) is 4.91 Å². The van der Waals surface area contributed by atoms with Gasteiger partial charge < -0.3 is 9.52 Å². The van der Waals surface area contributed by atoms with Crippen molar-refractivity contribution >= 4 is 46.3 Å². The van der Waals surface area contributed by atoms with Gasteiger partial charge in [0.25, 0.3) is 5.91 Å². The van der Waals surface area contributed by atoms with Crippen LogP contribution < -0.4 is 0 Å². The largest absolute Gasteiger partial charge is 0.481 e. The zero-order chi connectivity index (χ0) is 19.4. The van der Waals surface area contributed by atoms with Gasteiger partial charge in [-0.1, -0.05) is 24.0 Å². The van der Waals surface area contributed by atoms with Gasteiger partial charge in [0.1, 0.15) is 21.7 Å². The molecule has 1 aromatic heterocycles. The minimum atomic E-state index is -0.852. The summed E-state index contributed by atoms with van der Waals surface area (Å²) in [5.74, 6) is -0.307. The molecule has 0 spiro atoms. The minimum absolute atomic E-state index is 0.0726. The van der Waals surface area contributed by atoms with Crippen LogP contribution in [0.2, 0.25) is 0 Å². The number of thiocarbonyl (C=S) groups is 1. The van der Waals surface area contributed by atoms with Crippen molar-refractivity contribution in [2.45, 2.75) is 19.3 Å². The number of carboxylic acid groups (broad SMARTS) is 1. The summed E-state index contributed by atoms with van der Waals surface area (Å²) in [5.41, 5.74) is 0.738. The number of thioether (sulfide) groups is 1. The van der Waals surface area contributed by atoms with Gasteiger partial charge >= 0.3 is 5.97 Å². The summed E-state index contributed by atoms with van der Waals surface area (Å²) in [7, 11) is 0. The normalized spacial score (nSPS) is 15.7. The van der Waals surface area contributed by atoms with Crippen molar-refractivity contribution in [3.63, 3.8) is 0 Å². The lowest BCUT2D eigenvalue weighted by molar-refractivity contribution is -0.137. The van der Waals surface area contributed by atoms with Gasteiger partial charge in [-0.05, 0) is 49.2 Å². The predicted molar refractivity (Wildman–Crippen MR) is 105 cm³/mol. The van der Waals surface area contributed by atoms with Crippen LogP contribution in [-0.2, 0) is 9.59 Å². The summed E-state index contributed by atoms with van der Waals surface area (Å²) in [6.07, 6.45) is 2.76. The van der Waals surface area contributed by atoms with Crippen LogP contribution in [0.3, 0.4) is 0 Å². The van der Waals surface area contributed by atoms with Crippen LogP contribution in [0.5, 0.6) is 0 Å². The van der Waals surface area contributed by atoms with E-state index in [9.17, 15) is 14.0 Å². The third kappa shape index (κ3) is 4.84. The molecule has 0 unspecified atom stereocenters. The maximum Gasteiger partial charge on any atom is 0.303 e. The lowest BCUT2D eigenvalue weighted by atomic mass is 10.2. The number of carbonyl (C=O) groups is 2. The highest BCUT2D eigenvalue weighted by atomic mass is 32.2. The molecule has 1 fully saturated rings.